The zero-order valence-corrected chi connectivity index (χ0v) is 44.8. The van der Waals surface area contributed by atoms with Gasteiger partial charge in [-0.2, -0.15) is 0 Å². The third-order valence-corrected chi connectivity index (χ3v) is 17.9. The first-order valence-electron chi connectivity index (χ1n) is 26.4. The zero-order chi connectivity index (χ0) is 49.9. The van der Waals surface area contributed by atoms with Gasteiger partial charge in [0.25, 0.3) is 0 Å². The van der Waals surface area contributed by atoms with Crippen LogP contribution >= 0.6 is 0 Å². The first-order chi connectivity index (χ1) is 33.4. The van der Waals surface area contributed by atoms with Crippen LogP contribution < -0.4 is 10.4 Å². The average Bonchev–Trinajstić information content (AvgIpc) is 3.93. The smallest absolute Gasteiger partial charge is 0.329 e. The van der Waals surface area contributed by atoms with E-state index in [-0.39, 0.29) is 39.3 Å². The van der Waals surface area contributed by atoms with E-state index in [0.29, 0.717) is 0 Å². The highest BCUT2D eigenvalue weighted by molar-refractivity contribution is 6.86. The Labute approximate surface area is 422 Å². The fourth-order valence-corrected chi connectivity index (χ4v) is 13.6. The van der Waals surface area contributed by atoms with Gasteiger partial charge in [0.05, 0.1) is 16.8 Å². The molecule has 0 spiro atoms. The first-order valence-corrected chi connectivity index (χ1v) is 26.4. The van der Waals surface area contributed by atoms with Crippen molar-refractivity contribution in [3.8, 4) is 22.3 Å². The number of fused-ring (bicyclic) bond motifs is 13. The molecule has 0 saturated heterocycles. The topological polar surface area (TPSA) is 21.3 Å². The Morgan fingerprint density at radius 3 is 1.80 bits per heavy atom. The predicted octanol–water partition coefficient (Wildman–Crippen LogP) is 17.7. The summed E-state index contributed by atoms with van der Waals surface area (Å²) in [5.74, 6) is 0. The molecule has 0 unspecified atom stereocenters. The molecule has 3 nitrogen and oxygen atoms in total. The van der Waals surface area contributed by atoms with Crippen LogP contribution in [-0.2, 0) is 32.5 Å². The second kappa shape index (κ2) is 14.0. The first kappa shape index (κ1) is 44.7. The molecule has 0 radical (unpaired) electrons. The van der Waals surface area contributed by atoms with E-state index in [0.717, 1.165) is 23.0 Å². The number of furan rings is 1. The lowest BCUT2D eigenvalue weighted by atomic mass is 9.40. The van der Waals surface area contributed by atoms with E-state index in [4.69, 9.17) is 4.42 Å². The van der Waals surface area contributed by atoms with Crippen LogP contribution in [0.3, 0.4) is 0 Å². The number of anilines is 2. The maximum atomic E-state index is 7.17. The summed E-state index contributed by atoms with van der Waals surface area (Å²) >= 11 is 0. The molecule has 0 fully saturated rings. The van der Waals surface area contributed by atoms with Crippen LogP contribution in [0.25, 0.3) is 71.7 Å². The third kappa shape index (κ3) is 6.09. The third-order valence-electron chi connectivity index (χ3n) is 17.9. The second-order valence-electron chi connectivity index (χ2n) is 26.9. The Morgan fingerprint density at radius 1 is 0.507 bits per heavy atom. The van der Waals surface area contributed by atoms with Crippen molar-refractivity contribution in [2.45, 2.75) is 149 Å². The minimum atomic E-state index is -0.349. The highest BCUT2D eigenvalue weighted by Crippen LogP contribution is 2.61. The van der Waals surface area contributed by atoms with E-state index < -0.39 is 0 Å². The largest absolute Gasteiger partial charge is 0.456 e. The molecule has 2 aliphatic carbocycles. The molecule has 4 aliphatic rings. The SMILES string of the molecule is CC(C)(C)c1ccc(N2C3=C(B4c5c(cc6oc7ccccc7c6c52)-c2cc(C(C)(C)C)cc5c6cc(C(C)(C)C)ccc6n4c25)C(C)(C)c2cc4c(cc23)C(C)(C)CCC4(C)C)c(-c2ccccc2)c1. The van der Waals surface area contributed by atoms with Crippen molar-refractivity contribution in [2.75, 3.05) is 4.90 Å². The lowest BCUT2D eigenvalue weighted by Crippen LogP contribution is -2.52. The van der Waals surface area contributed by atoms with Crippen LogP contribution in [-0.4, -0.2) is 11.3 Å². The number of rotatable bonds is 2. The van der Waals surface area contributed by atoms with Gasteiger partial charge in [0.2, 0.25) is 0 Å². The summed E-state index contributed by atoms with van der Waals surface area (Å²) in [5.41, 5.74) is 25.5. The van der Waals surface area contributed by atoms with Crippen molar-refractivity contribution >= 4 is 73.1 Å². The summed E-state index contributed by atoms with van der Waals surface area (Å²) in [7, 11) is 0. The molecule has 4 heteroatoms. The fraction of sp³-hybridized carbons (Fsp3) is 0.343. The van der Waals surface area contributed by atoms with Gasteiger partial charge in [-0.15, -0.1) is 0 Å². The maximum Gasteiger partial charge on any atom is 0.329 e. The van der Waals surface area contributed by atoms with E-state index in [2.05, 4.69) is 235 Å². The summed E-state index contributed by atoms with van der Waals surface area (Å²) in [4.78, 5) is 2.77. The molecular weight excluding hydrogens is 860 g/mol. The summed E-state index contributed by atoms with van der Waals surface area (Å²) in [5, 5.41) is 5.01. The van der Waals surface area contributed by atoms with Crippen LogP contribution in [0, 0.1) is 0 Å². The number of aromatic nitrogens is 1. The van der Waals surface area contributed by atoms with Gasteiger partial charge in [0.15, 0.2) is 0 Å². The highest BCUT2D eigenvalue weighted by Gasteiger charge is 2.55. The quantitative estimate of drug-likeness (QED) is 0.161. The Bertz CT molecular complexity index is 3850. The number of benzene rings is 7. The van der Waals surface area contributed by atoms with Crippen LogP contribution in [0.5, 0.6) is 0 Å². The van der Waals surface area contributed by atoms with Crippen LogP contribution in [0.2, 0.25) is 0 Å². The van der Waals surface area contributed by atoms with Crippen molar-refractivity contribution in [1.82, 2.24) is 4.48 Å². The number of para-hydroxylation sites is 1. The molecule has 0 N–H and O–H groups in total. The van der Waals surface area contributed by atoms with Crippen molar-refractivity contribution in [3.63, 3.8) is 0 Å². The standard InChI is InChI=1S/C67H69BN2O/c1-62(2,3)39-25-27-52(43(31-39)38-21-17-16-18-22-38)69-59-48-35-50-51(66(12,13)30-29-65(50,10)11)37-49(48)67(14,15)61(59)68-57-45(36-55-56(60(57)69)42-23-19-20-24-54(42)71-55)47-34-41(64(7,8)9)33-46-44-32-40(63(4,5)6)26-28-53(44)70(68)58(46)47/h16-28,31-37H,29-30H2,1-15H3. The van der Waals surface area contributed by atoms with Crippen molar-refractivity contribution in [1.29, 1.82) is 0 Å². The van der Waals surface area contributed by atoms with Crippen LogP contribution in [0.4, 0.5) is 11.4 Å². The Hall–Kier alpha value is -6.26. The summed E-state index contributed by atoms with van der Waals surface area (Å²) in [6.45, 7) is 36.1. The van der Waals surface area contributed by atoms with E-state index >= 15 is 0 Å². The number of hydrogen-bond acceptors (Lipinski definition) is 2. The molecule has 7 aromatic carbocycles. The number of allylic oxidation sites excluding steroid dienone is 1. The van der Waals surface area contributed by atoms with Gasteiger partial charge in [0, 0.05) is 55.0 Å². The molecule has 2 aromatic heterocycles. The van der Waals surface area contributed by atoms with Crippen LogP contribution in [0.1, 0.15) is 156 Å². The van der Waals surface area contributed by atoms with E-state index in [1.54, 1.807) is 0 Å². The van der Waals surface area contributed by atoms with Crippen LogP contribution in [0.15, 0.2) is 131 Å². The van der Waals surface area contributed by atoms with Crippen molar-refractivity contribution in [3.05, 3.63) is 166 Å². The number of hydrogen-bond donors (Lipinski definition) is 0. The number of nitrogens with zero attached hydrogens (tertiary/aromatic N) is 2. The molecule has 71 heavy (non-hydrogen) atoms. The fourth-order valence-electron chi connectivity index (χ4n) is 13.6. The van der Waals surface area contributed by atoms with E-state index in [1.165, 1.54) is 123 Å². The van der Waals surface area contributed by atoms with Gasteiger partial charge in [0.1, 0.15) is 11.2 Å². The van der Waals surface area contributed by atoms with Crippen molar-refractivity contribution in [2.24, 2.45) is 0 Å². The molecule has 0 saturated carbocycles. The normalized spacial score (nSPS) is 17.6. The second-order valence-corrected chi connectivity index (χ2v) is 26.9. The summed E-state index contributed by atoms with van der Waals surface area (Å²) in [6.07, 6.45) is 2.33. The van der Waals surface area contributed by atoms with Gasteiger partial charge in [-0.05, 0) is 150 Å². The molecule has 356 valence electrons. The molecular formula is C67H69BN2O. The highest BCUT2D eigenvalue weighted by atomic mass is 16.3. The minimum Gasteiger partial charge on any atom is -0.456 e. The molecule has 4 heterocycles. The zero-order valence-electron chi connectivity index (χ0n) is 44.8. The molecule has 0 bridgehead atoms. The minimum absolute atomic E-state index is 0.00921. The lowest BCUT2D eigenvalue weighted by molar-refractivity contribution is 0.331. The molecule has 9 aromatic rings. The van der Waals surface area contributed by atoms with Gasteiger partial charge < -0.3 is 13.8 Å². The average molecular weight is 929 g/mol. The maximum absolute atomic E-state index is 7.17. The predicted molar refractivity (Wildman–Crippen MR) is 305 cm³/mol. The van der Waals surface area contributed by atoms with Gasteiger partial charge in [-0.1, -0.05) is 171 Å². The molecule has 13 rings (SSSR count). The summed E-state index contributed by atoms with van der Waals surface area (Å²) < 4.78 is 9.99. The van der Waals surface area contributed by atoms with Gasteiger partial charge in [-0.3, -0.25) is 0 Å². The van der Waals surface area contributed by atoms with E-state index in [9.17, 15) is 0 Å². The molecule has 0 atom stereocenters. The lowest BCUT2D eigenvalue weighted by Gasteiger charge is -2.44. The monoisotopic (exact) mass is 929 g/mol. The molecule has 0 amide bonds. The van der Waals surface area contributed by atoms with Gasteiger partial charge in [-0.25, -0.2) is 0 Å². The van der Waals surface area contributed by atoms with Crippen molar-refractivity contribution < 1.29 is 4.42 Å². The van der Waals surface area contributed by atoms with E-state index in [1.807, 2.05) is 0 Å². The van der Waals surface area contributed by atoms with Gasteiger partial charge >= 0.3 is 6.85 Å². The Balaban J connectivity index is 1.28. The Morgan fingerprint density at radius 2 is 1.11 bits per heavy atom. The Kier molecular flexibility index (Phi) is 8.83. The molecule has 2 aliphatic heterocycles. The summed E-state index contributed by atoms with van der Waals surface area (Å²) in [6, 6.07) is 47.6.